The van der Waals surface area contributed by atoms with Crippen molar-refractivity contribution in [3.05, 3.63) is 42.7 Å². The summed E-state index contributed by atoms with van der Waals surface area (Å²) in [5.74, 6) is -0.165. The van der Waals surface area contributed by atoms with Gasteiger partial charge in [-0.05, 0) is 44.9 Å². The van der Waals surface area contributed by atoms with E-state index in [2.05, 4.69) is 10.2 Å². The summed E-state index contributed by atoms with van der Waals surface area (Å²) in [6, 6.07) is -0.463. The van der Waals surface area contributed by atoms with Crippen molar-refractivity contribution >= 4 is 5.84 Å². The second kappa shape index (κ2) is 9.24. The lowest BCUT2D eigenvalue weighted by Gasteiger charge is -2.39. The molecule has 6 N–H and O–H groups in total. The molecule has 2 aliphatic rings. The first kappa shape index (κ1) is 24.0. The van der Waals surface area contributed by atoms with Crippen LogP contribution in [0, 0.1) is 10.8 Å². The number of aromatic hydroxyl groups is 1. The SMILES string of the molecule is CCCCn1c(O)c(C(=N)N)c(=O)n(C2CCC(CO)(Cn3c(C4CC4)n[nH]c3=O)CC2)c1=O. The van der Waals surface area contributed by atoms with Crippen molar-refractivity contribution in [3.63, 3.8) is 0 Å². The number of hydrogen-bond acceptors (Lipinski definition) is 7. The highest BCUT2D eigenvalue weighted by molar-refractivity contribution is 5.96. The van der Waals surface area contributed by atoms with Gasteiger partial charge in [-0.3, -0.25) is 23.9 Å². The van der Waals surface area contributed by atoms with E-state index in [0.29, 0.717) is 38.6 Å². The highest BCUT2D eigenvalue weighted by Crippen LogP contribution is 2.43. The Balaban J connectivity index is 1.63. The average Bonchev–Trinajstić information content (AvgIpc) is 3.58. The molecule has 0 radical (unpaired) electrons. The highest BCUT2D eigenvalue weighted by atomic mass is 16.3. The largest absolute Gasteiger partial charge is 0.494 e. The van der Waals surface area contributed by atoms with Crippen LogP contribution in [0.1, 0.15) is 81.6 Å². The lowest BCUT2D eigenvalue weighted by atomic mass is 9.72. The van der Waals surface area contributed by atoms with Crippen LogP contribution >= 0.6 is 0 Å². The molecule has 0 aliphatic heterocycles. The van der Waals surface area contributed by atoms with Crippen LogP contribution in [0.2, 0.25) is 0 Å². The molecule has 2 saturated carbocycles. The maximum atomic E-state index is 13.2. The first-order valence-corrected chi connectivity index (χ1v) is 11.9. The van der Waals surface area contributed by atoms with Gasteiger partial charge in [0.25, 0.3) is 5.56 Å². The van der Waals surface area contributed by atoms with Gasteiger partial charge < -0.3 is 15.9 Å². The van der Waals surface area contributed by atoms with Gasteiger partial charge in [-0.1, -0.05) is 13.3 Å². The van der Waals surface area contributed by atoms with Crippen LogP contribution in [0.15, 0.2) is 14.4 Å². The molecule has 2 aromatic heterocycles. The Hall–Kier alpha value is -3.15. The van der Waals surface area contributed by atoms with Crippen LogP contribution < -0.4 is 22.7 Å². The van der Waals surface area contributed by atoms with E-state index in [1.54, 1.807) is 4.57 Å². The van der Waals surface area contributed by atoms with Gasteiger partial charge in [0.05, 0.1) is 6.61 Å². The van der Waals surface area contributed by atoms with E-state index in [1.807, 2.05) is 6.92 Å². The molecule has 0 spiro atoms. The van der Waals surface area contributed by atoms with Crippen molar-refractivity contribution in [3.8, 4) is 5.88 Å². The number of aliphatic hydroxyl groups is 1. The fourth-order valence-corrected chi connectivity index (χ4v) is 5.04. The van der Waals surface area contributed by atoms with E-state index in [0.717, 1.165) is 34.2 Å². The van der Waals surface area contributed by atoms with Gasteiger partial charge >= 0.3 is 11.4 Å². The van der Waals surface area contributed by atoms with Crippen molar-refractivity contribution in [1.29, 1.82) is 5.41 Å². The van der Waals surface area contributed by atoms with Crippen molar-refractivity contribution in [2.75, 3.05) is 6.61 Å². The minimum Gasteiger partial charge on any atom is -0.494 e. The fraction of sp³-hybridized carbons (Fsp3) is 0.682. The minimum absolute atomic E-state index is 0.134. The van der Waals surface area contributed by atoms with Gasteiger partial charge in [0.1, 0.15) is 17.2 Å². The average molecular weight is 476 g/mol. The van der Waals surface area contributed by atoms with Gasteiger partial charge in [-0.15, -0.1) is 0 Å². The molecular formula is C22H33N7O5. The zero-order chi connectivity index (χ0) is 24.6. The molecule has 186 valence electrons. The zero-order valence-electron chi connectivity index (χ0n) is 19.4. The van der Waals surface area contributed by atoms with Gasteiger partial charge in [0.2, 0.25) is 5.88 Å². The summed E-state index contributed by atoms with van der Waals surface area (Å²) < 4.78 is 3.84. The molecule has 34 heavy (non-hydrogen) atoms. The Morgan fingerprint density at radius 1 is 1.21 bits per heavy atom. The number of aromatic amines is 1. The first-order chi connectivity index (χ1) is 16.2. The lowest BCUT2D eigenvalue weighted by Crippen LogP contribution is -2.47. The third-order valence-electron chi connectivity index (χ3n) is 7.29. The van der Waals surface area contributed by atoms with Crippen LogP contribution in [0.5, 0.6) is 5.88 Å². The number of unbranched alkanes of at least 4 members (excludes halogenated alkanes) is 1. The first-order valence-electron chi connectivity index (χ1n) is 11.9. The van der Waals surface area contributed by atoms with E-state index >= 15 is 0 Å². The van der Waals surface area contributed by atoms with Crippen molar-refractivity contribution in [2.45, 2.75) is 83.3 Å². The Kier molecular flexibility index (Phi) is 6.52. The Morgan fingerprint density at radius 3 is 2.44 bits per heavy atom. The quantitative estimate of drug-likeness (QED) is 0.256. The molecule has 0 saturated heterocycles. The molecule has 12 heteroatoms. The Bertz CT molecular complexity index is 1240. The lowest BCUT2D eigenvalue weighted by molar-refractivity contribution is 0.0466. The molecule has 12 nitrogen and oxygen atoms in total. The molecule has 0 amide bonds. The summed E-state index contributed by atoms with van der Waals surface area (Å²) >= 11 is 0. The fourth-order valence-electron chi connectivity index (χ4n) is 5.04. The highest BCUT2D eigenvalue weighted by Gasteiger charge is 2.40. The number of nitrogens with zero attached hydrogens (tertiary/aromatic N) is 4. The van der Waals surface area contributed by atoms with E-state index in [-0.39, 0.29) is 30.3 Å². The Morgan fingerprint density at radius 2 is 1.88 bits per heavy atom. The minimum atomic E-state index is -0.772. The maximum absolute atomic E-state index is 13.2. The molecule has 2 aromatic rings. The second-order valence-corrected chi connectivity index (χ2v) is 9.71. The number of nitrogens with two attached hydrogens (primary N) is 1. The van der Waals surface area contributed by atoms with E-state index in [9.17, 15) is 24.6 Å². The predicted octanol–water partition coefficient (Wildman–Crippen LogP) is 0.356. The summed E-state index contributed by atoms with van der Waals surface area (Å²) in [6.07, 6.45) is 5.22. The molecule has 0 bridgehead atoms. The van der Waals surface area contributed by atoms with Crippen LogP contribution in [-0.4, -0.2) is 46.6 Å². The summed E-state index contributed by atoms with van der Waals surface area (Å²) in [7, 11) is 0. The number of rotatable bonds is 9. The van der Waals surface area contributed by atoms with Gasteiger partial charge in [-0.2, -0.15) is 5.10 Å². The van der Waals surface area contributed by atoms with Crippen molar-refractivity contribution in [1.82, 2.24) is 23.9 Å². The van der Waals surface area contributed by atoms with Crippen molar-refractivity contribution < 1.29 is 10.2 Å². The predicted molar refractivity (Wildman–Crippen MR) is 124 cm³/mol. The molecule has 0 atom stereocenters. The monoisotopic (exact) mass is 475 g/mol. The van der Waals surface area contributed by atoms with Gasteiger partial charge in [-0.25, -0.2) is 14.7 Å². The maximum Gasteiger partial charge on any atom is 0.343 e. The summed E-state index contributed by atoms with van der Waals surface area (Å²) in [5.41, 5.74) is 2.95. The molecule has 2 aliphatic carbocycles. The van der Waals surface area contributed by atoms with Crippen LogP contribution in [0.3, 0.4) is 0 Å². The standard InChI is InChI=1S/C22H33N7O5/c1-2-3-10-27-18(31)15(16(23)24)19(32)29(21(27)34)14-6-8-22(12-30,9-7-14)11-28-17(13-4-5-13)25-26-20(28)33/h13-14,30-31H,2-12H2,1H3,(H3,23,24)(H,26,33). The number of amidine groups is 1. The van der Waals surface area contributed by atoms with Crippen molar-refractivity contribution in [2.24, 2.45) is 11.1 Å². The summed E-state index contributed by atoms with van der Waals surface area (Å²) in [5, 5.41) is 35.2. The van der Waals surface area contributed by atoms with Gasteiger partial charge in [0, 0.05) is 30.5 Å². The number of nitrogen functional groups attached to an aromatic ring is 1. The van der Waals surface area contributed by atoms with E-state index in [4.69, 9.17) is 11.1 Å². The molecule has 2 fully saturated rings. The smallest absolute Gasteiger partial charge is 0.343 e. The van der Waals surface area contributed by atoms with E-state index < -0.39 is 34.4 Å². The number of aromatic nitrogens is 5. The normalized spacial score (nSPS) is 22.7. The number of H-pyrrole nitrogens is 1. The molecule has 0 unspecified atom stereocenters. The summed E-state index contributed by atoms with van der Waals surface area (Å²) in [6.45, 7) is 2.34. The van der Waals surface area contributed by atoms with Crippen LogP contribution in [0.4, 0.5) is 0 Å². The number of hydrogen-bond donors (Lipinski definition) is 5. The van der Waals surface area contributed by atoms with Crippen LogP contribution in [0.25, 0.3) is 0 Å². The summed E-state index contributed by atoms with van der Waals surface area (Å²) in [4.78, 5) is 38.6. The number of nitrogens with one attached hydrogen (secondary N) is 2. The topological polar surface area (TPSA) is 185 Å². The third kappa shape index (κ3) is 4.22. The molecule has 4 rings (SSSR count). The van der Waals surface area contributed by atoms with Crippen LogP contribution in [-0.2, 0) is 13.1 Å². The number of aliphatic hydroxyl groups excluding tert-OH is 1. The Labute approximate surface area is 195 Å². The van der Waals surface area contributed by atoms with E-state index in [1.165, 1.54) is 0 Å². The third-order valence-corrected chi connectivity index (χ3v) is 7.29. The molecule has 2 heterocycles. The second-order valence-electron chi connectivity index (χ2n) is 9.71. The molecule has 0 aromatic carbocycles. The van der Waals surface area contributed by atoms with Gasteiger partial charge in [0.15, 0.2) is 0 Å². The molecular weight excluding hydrogens is 442 g/mol. The zero-order valence-corrected chi connectivity index (χ0v) is 19.4.